The zero-order chi connectivity index (χ0) is 15.6. The van der Waals surface area contributed by atoms with Crippen LogP contribution in [-0.4, -0.2) is 24.5 Å². The van der Waals surface area contributed by atoms with Crippen LogP contribution < -0.4 is 10.6 Å². The maximum atomic E-state index is 4.30. The fraction of sp³-hybridized carbons (Fsp3) is 0.647. The van der Waals surface area contributed by atoms with Gasteiger partial charge < -0.3 is 10.6 Å². The Morgan fingerprint density at radius 1 is 1.24 bits per heavy atom. The van der Waals surface area contributed by atoms with Gasteiger partial charge in [-0.1, -0.05) is 46.1 Å². The van der Waals surface area contributed by atoms with Crippen molar-refractivity contribution >= 4 is 5.96 Å². The molecule has 118 valence electrons. The Kier molecular flexibility index (Phi) is 7.80. The smallest absolute Gasteiger partial charge is 0.191 e. The van der Waals surface area contributed by atoms with Gasteiger partial charge in [0, 0.05) is 19.8 Å². The van der Waals surface area contributed by atoms with Crippen molar-refractivity contribution in [3.05, 3.63) is 30.1 Å². The molecular formula is C17H30N4. The molecule has 0 bridgehead atoms. The summed E-state index contributed by atoms with van der Waals surface area (Å²) in [5, 5.41) is 6.72. The van der Waals surface area contributed by atoms with Crippen molar-refractivity contribution in [3.8, 4) is 0 Å². The quantitative estimate of drug-likeness (QED) is 0.438. The molecule has 1 heterocycles. The van der Waals surface area contributed by atoms with Crippen LogP contribution in [-0.2, 0) is 6.54 Å². The molecule has 0 spiro atoms. The van der Waals surface area contributed by atoms with Gasteiger partial charge in [0.25, 0.3) is 0 Å². The minimum atomic E-state index is 0.289. The Morgan fingerprint density at radius 2 is 2.05 bits per heavy atom. The fourth-order valence-electron chi connectivity index (χ4n) is 2.16. The van der Waals surface area contributed by atoms with E-state index in [1.165, 1.54) is 25.7 Å². The van der Waals surface area contributed by atoms with Crippen LogP contribution in [0.25, 0.3) is 0 Å². The van der Waals surface area contributed by atoms with E-state index in [4.69, 9.17) is 0 Å². The summed E-state index contributed by atoms with van der Waals surface area (Å²) in [7, 11) is 1.80. The van der Waals surface area contributed by atoms with Crippen LogP contribution in [0.5, 0.6) is 0 Å². The lowest BCUT2D eigenvalue weighted by molar-refractivity contribution is 0.318. The highest BCUT2D eigenvalue weighted by molar-refractivity contribution is 5.79. The molecule has 1 rings (SSSR count). The molecule has 0 radical (unpaired) electrons. The predicted molar refractivity (Wildman–Crippen MR) is 90.4 cm³/mol. The average Bonchev–Trinajstić information content (AvgIpc) is 2.48. The van der Waals surface area contributed by atoms with Crippen molar-refractivity contribution in [1.29, 1.82) is 0 Å². The van der Waals surface area contributed by atoms with E-state index in [2.05, 4.69) is 41.4 Å². The number of hydrogen-bond donors (Lipinski definition) is 2. The van der Waals surface area contributed by atoms with E-state index < -0.39 is 0 Å². The van der Waals surface area contributed by atoms with Crippen LogP contribution >= 0.6 is 0 Å². The number of pyridine rings is 1. The molecule has 4 heteroatoms. The van der Waals surface area contributed by atoms with E-state index >= 15 is 0 Å². The molecule has 2 N–H and O–H groups in total. The molecule has 0 fully saturated rings. The van der Waals surface area contributed by atoms with Crippen LogP contribution in [0.2, 0.25) is 0 Å². The number of rotatable bonds is 8. The number of aliphatic imine (C=N–C) groups is 1. The molecule has 0 unspecified atom stereocenters. The second kappa shape index (κ2) is 9.37. The van der Waals surface area contributed by atoms with Gasteiger partial charge in [-0.2, -0.15) is 0 Å². The molecule has 21 heavy (non-hydrogen) atoms. The Bertz CT molecular complexity index is 412. The summed E-state index contributed by atoms with van der Waals surface area (Å²) in [5.74, 6) is 0.837. The lowest BCUT2D eigenvalue weighted by Gasteiger charge is -2.26. The molecule has 0 amide bonds. The number of guanidine groups is 1. The largest absolute Gasteiger partial charge is 0.356 e. The first-order valence-corrected chi connectivity index (χ1v) is 7.92. The minimum absolute atomic E-state index is 0.289. The number of nitrogens with zero attached hydrogens (tertiary/aromatic N) is 2. The predicted octanol–water partition coefficient (Wildman–Crippen LogP) is 3.35. The highest BCUT2D eigenvalue weighted by Crippen LogP contribution is 2.22. The summed E-state index contributed by atoms with van der Waals surface area (Å²) in [6, 6.07) is 5.93. The Balaban J connectivity index is 2.34. The topological polar surface area (TPSA) is 49.3 Å². The van der Waals surface area contributed by atoms with Gasteiger partial charge in [0.05, 0.1) is 12.2 Å². The molecule has 0 aliphatic rings. The van der Waals surface area contributed by atoms with Gasteiger partial charge >= 0.3 is 0 Å². The van der Waals surface area contributed by atoms with E-state index in [1.54, 1.807) is 7.05 Å². The molecular weight excluding hydrogens is 260 g/mol. The van der Waals surface area contributed by atoms with Gasteiger partial charge in [0.15, 0.2) is 5.96 Å². The number of hydrogen-bond acceptors (Lipinski definition) is 2. The lowest BCUT2D eigenvalue weighted by Crippen LogP contribution is -2.41. The zero-order valence-corrected chi connectivity index (χ0v) is 13.9. The van der Waals surface area contributed by atoms with Crippen LogP contribution in [0.15, 0.2) is 29.4 Å². The first-order chi connectivity index (χ1) is 10.1. The standard InChI is InChI=1S/C17H30N4/c1-5-6-8-11-17(2,3)14-21-16(18-4)20-13-15-10-7-9-12-19-15/h7,9-10,12H,5-6,8,11,13-14H2,1-4H3,(H2,18,20,21). The van der Waals surface area contributed by atoms with Crippen LogP contribution in [0.1, 0.15) is 52.1 Å². The van der Waals surface area contributed by atoms with Gasteiger partial charge in [0.2, 0.25) is 0 Å². The molecule has 0 aliphatic carbocycles. The van der Waals surface area contributed by atoms with Crippen LogP contribution in [0.4, 0.5) is 0 Å². The van der Waals surface area contributed by atoms with E-state index in [0.717, 1.165) is 18.2 Å². The van der Waals surface area contributed by atoms with Gasteiger partial charge in [-0.15, -0.1) is 0 Å². The molecule has 0 saturated heterocycles. The highest BCUT2D eigenvalue weighted by Gasteiger charge is 2.17. The third-order valence-corrected chi connectivity index (χ3v) is 3.58. The molecule has 4 nitrogen and oxygen atoms in total. The summed E-state index contributed by atoms with van der Waals surface area (Å²) in [6.45, 7) is 8.48. The normalized spacial score (nSPS) is 12.3. The second-order valence-corrected chi connectivity index (χ2v) is 6.22. The molecule has 0 saturated carbocycles. The lowest BCUT2D eigenvalue weighted by atomic mass is 9.87. The number of nitrogens with one attached hydrogen (secondary N) is 2. The van der Waals surface area contributed by atoms with E-state index in [1.807, 2.05) is 24.4 Å². The van der Waals surface area contributed by atoms with E-state index in [-0.39, 0.29) is 5.41 Å². The number of unbranched alkanes of at least 4 members (excludes halogenated alkanes) is 2. The summed E-state index contributed by atoms with van der Waals surface area (Å²) in [6.07, 6.45) is 6.94. The van der Waals surface area contributed by atoms with Gasteiger partial charge in [-0.3, -0.25) is 9.98 Å². The minimum Gasteiger partial charge on any atom is -0.356 e. The fourth-order valence-corrected chi connectivity index (χ4v) is 2.16. The SMILES string of the molecule is CCCCCC(C)(C)CNC(=NC)NCc1ccccn1. The Hall–Kier alpha value is -1.58. The highest BCUT2D eigenvalue weighted by atomic mass is 15.2. The second-order valence-electron chi connectivity index (χ2n) is 6.22. The first-order valence-electron chi connectivity index (χ1n) is 7.92. The third kappa shape index (κ3) is 7.69. The van der Waals surface area contributed by atoms with Crippen molar-refractivity contribution in [1.82, 2.24) is 15.6 Å². The van der Waals surface area contributed by atoms with Gasteiger partial charge in [-0.25, -0.2) is 0 Å². The molecule has 0 aliphatic heterocycles. The third-order valence-electron chi connectivity index (χ3n) is 3.58. The maximum Gasteiger partial charge on any atom is 0.191 e. The first kappa shape index (κ1) is 17.5. The zero-order valence-electron chi connectivity index (χ0n) is 13.9. The maximum absolute atomic E-state index is 4.30. The molecule has 0 aromatic carbocycles. The van der Waals surface area contributed by atoms with Crippen LogP contribution in [0, 0.1) is 5.41 Å². The van der Waals surface area contributed by atoms with Crippen molar-refractivity contribution in [2.75, 3.05) is 13.6 Å². The summed E-state index contributed by atoms with van der Waals surface area (Å²) >= 11 is 0. The summed E-state index contributed by atoms with van der Waals surface area (Å²) in [4.78, 5) is 8.57. The monoisotopic (exact) mass is 290 g/mol. The van der Waals surface area contributed by atoms with Crippen molar-refractivity contribution in [2.45, 2.75) is 53.0 Å². The van der Waals surface area contributed by atoms with Crippen LogP contribution in [0.3, 0.4) is 0 Å². The average molecular weight is 290 g/mol. The molecule has 0 atom stereocenters. The van der Waals surface area contributed by atoms with Gasteiger partial charge in [0.1, 0.15) is 0 Å². The summed E-state index contributed by atoms with van der Waals surface area (Å²) in [5.41, 5.74) is 1.31. The van der Waals surface area contributed by atoms with Crippen molar-refractivity contribution < 1.29 is 0 Å². The Labute approximate surface area is 129 Å². The van der Waals surface area contributed by atoms with Gasteiger partial charge in [-0.05, 0) is 24.0 Å². The molecule has 1 aromatic heterocycles. The molecule has 1 aromatic rings. The summed E-state index contributed by atoms with van der Waals surface area (Å²) < 4.78 is 0. The Morgan fingerprint density at radius 3 is 2.67 bits per heavy atom. The van der Waals surface area contributed by atoms with E-state index in [9.17, 15) is 0 Å². The van der Waals surface area contributed by atoms with Crippen molar-refractivity contribution in [3.63, 3.8) is 0 Å². The number of aromatic nitrogens is 1. The van der Waals surface area contributed by atoms with E-state index in [0.29, 0.717) is 6.54 Å². The van der Waals surface area contributed by atoms with Crippen molar-refractivity contribution in [2.24, 2.45) is 10.4 Å².